The topological polar surface area (TPSA) is 77.8 Å². The molecule has 4 heteroatoms. The van der Waals surface area contributed by atoms with Crippen LogP contribution in [0.25, 0.3) is 0 Å². The number of nitrogens with two attached hydrogens (primary N) is 2. The third-order valence-electron chi connectivity index (χ3n) is 1.88. The van der Waals surface area contributed by atoms with Crippen LogP contribution in [0.3, 0.4) is 0 Å². The van der Waals surface area contributed by atoms with Crippen LogP contribution in [0.5, 0.6) is 0 Å². The molecule has 0 unspecified atom stereocenters. The highest BCUT2D eigenvalue weighted by Gasteiger charge is 1.95. The minimum absolute atomic E-state index is 0.545. The quantitative estimate of drug-likeness (QED) is 0.655. The number of nitrogen functional groups attached to an aromatic ring is 1. The van der Waals surface area contributed by atoms with Crippen LogP contribution in [0.2, 0.25) is 0 Å². The number of hydrogen-bond donors (Lipinski definition) is 2. The molecule has 1 heterocycles. The molecule has 0 saturated heterocycles. The summed E-state index contributed by atoms with van der Waals surface area (Å²) in [6, 6.07) is 1.82. The minimum atomic E-state index is 0.545. The third-order valence-corrected chi connectivity index (χ3v) is 1.88. The third kappa shape index (κ3) is 3.85. The van der Waals surface area contributed by atoms with Crippen LogP contribution in [-0.2, 0) is 6.42 Å². The zero-order valence-electron chi connectivity index (χ0n) is 7.74. The lowest BCUT2D eigenvalue weighted by Gasteiger charge is -2.00. The van der Waals surface area contributed by atoms with Gasteiger partial charge in [-0.3, -0.25) is 0 Å². The Morgan fingerprint density at radius 3 is 2.69 bits per heavy atom. The normalized spacial score (nSPS) is 10.2. The Bertz CT molecular complexity index is 249. The van der Waals surface area contributed by atoms with Gasteiger partial charge in [-0.2, -0.15) is 0 Å². The van der Waals surface area contributed by atoms with Crippen molar-refractivity contribution in [3.05, 3.63) is 18.1 Å². The Labute approximate surface area is 78.4 Å². The first-order valence-electron chi connectivity index (χ1n) is 4.59. The number of rotatable bonds is 5. The van der Waals surface area contributed by atoms with Crippen molar-refractivity contribution in [3.63, 3.8) is 0 Å². The van der Waals surface area contributed by atoms with Crippen molar-refractivity contribution in [1.29, 1.82) is 0 Å². The van der Waals surface area contributed by atoms with Gasteiger partial charge in [-0.15, -0.1) is 0 Å². The molecule has 0 bridgehead atoms. The van der Waals surface area contributed by atoms with Crippen LogP contribution >= 0.6 is 0 Å². The van der Waals surface area contributed by atoms with Gasteiger partial charge in [0, 0.05) is 11.8 Å². The van der Waals surface area contributed by atoms with Gasteiger partial charge in [0.25, 0.3) is 0 Å². The maximum Gasteiger partial charge on any atom is 0.126 e. The summed E-state index contributed by atoms with van der Waals surface area (Å²) in [7, 11) is 0. The summed E-state index contributed by atoms with van der Waals surface area (Å²) in [5.41, 5.74) is 11.9. The van der Waals surface area contributed by atoms with Crippen LogP contribution < -0.4 is 11.5 Å². The van der Waals surface area contributed by atoms with E-state index in [0.717, 1.165) is 37.9 Å². The second-order valence-electron chi connectivity index (χ2n) is 3.03. The van der Waals surface area contributed by atoms with Gasteiger partial charge in [0.2, 0.25) is 0 Å². The van der Waals surface area contributed by atoms with E-state index in [1.54, 1.807) is 0 Å². The van der Waals surface area contributed by atoms with Crippen LogP contribution in [0.15, 0.2) is 12.4 Å². The molecule has 13 heavy (non-hydrogen) atoms. The largest absolute Gasteiger partial charge is 0.384 e. The maximum atomic E-state index is 5.52. The van der Waals surface area contributed by atoms with Gasteiger partial charge < -0.3 is 11.5 Å². The Balaban J connectivity index is 2.28. The first kappa shape index (κ1) is 9.92. The zero-order chi connectivity index (χ0) is 9.52. The van der Waals surface area contributed by atoms with E-state index >= 15 is 0 Å². The number of aromatic nitrogens is 2. The summed E-state index contributed by atoms with van der Waals surface area (Å²) in [6.45, 7) is 0.770. The number of hydrogen-bond acceptors (Lipinski definition) is 4. The smallest absolute Gasteiger partial charge is 0.126 e. The molecule has 0 aliphatic rings. The van der Waals surface area contributed by atoms with E-state index in [2.05, 4.69) is 9.97 Å². The van der Waals surface area contributed by atoms with E-state index in [9.17, 15) is 0 Å². The van der Waals surface area contributed by atoms with E-state index in [4.69, 9.17) is 11.5 Å². The standard InChI is InChI=1S/C9H16N4/c10-5-3-1-2-4-8-6-9(11)13-7-12-8/h6-7H,1-5,10H2,(H2,11,12,13). The highest BCUT2D eigenvalue weighted by atomic mass is 14.9. The fraction of sp³-hybridized carbons (Fsp3) is 0.556. The number of aryl methyl sites for hydroxylation is 1. The lowest BCUT2D eigenvalue weighted by atomic mass is 10.1. The molecule has 1 aromatic heterocycles. The molecule has 4 nitrogen and oxygen atoms in total. The molecule has 4 N–H and O–H groups in total. The average molecular weight is 180 g/mol. The molecule has 0 radical (unpaired) electrons. The zero-order valence-corrected chi connectivity index (χ0v) is 7.74. The maximum absolute atomic E-state index is 5.52. The average Bonchev–Trinajstić information content (AvgIpc) is 2.13. The van der Waals surface area contributed by atoms with Crippen molar-refractivity contribution in [1.82, 2.24) is 9.97 Å². The molecule has 0 fully saturated rings. The van der Waals surface area contributed by atoms with E-state index in [-0.39, 0.29) is 0 Å². The predicted octanol–water partition coefficient (Wildman–Crippen LogP) is 0.730. The highest BCUT2D eigenvalue weighted by molar-refractivity contribution is 5.27. The first-order valence-corrected chi connectivity index (χ1v) is 4.59. The molecule has 0 aromatic carbocycles. The van der Waals surface area contributed by atoms with E-state index < -0.39 is 0 Å². The minimum Gasteiger partial charge on any atom is -0.384 e. The summed E-state index contributed by atoms with van der Waals surface area (Å²) in [4.78, 5) is 7.95. The van der Waals surface area contributed by atoms with Crippen LogP contribution in [-0.4, -0.2) is 16.5 Å². The molecular weight excluding hydrogens is 164 g/mol. The molecule has 0 spiro atoms. The Kier molecular flexibility index (Phi) is 4.18. The predicted molar refractivity (Wildman–Crippen MR) is 53.1 cm³/mol. The van der Waals surface area contributed by atoms with E-state index in [1.165, 1.54) is 6.33 Å². The second-order valence-corrected chi connectivity index (χ2v) is 3.03. The van der Waals surface area contributed by atoms with Crippen LogP contribution in [0, 0.1) is 0 Å². The van der Waals surface area contributed by atoms with Gasteiger partial charge in [-0.25, -0.2) is 9.97 Å². The summed E-state index contributed by atoms with van der Waals surface area (Å²) >= 11 is 0. The highest BCUT2D eigenvalue weighted by Crippen LogP contribution is 2.04. The van der Waals surface area contributed by atoms with Gasteiger partial charge in [0.1, 0.15) is 12.1 Å². The summed E-state index contributed by atoms with van der Waals surface area (Å²) in [5, 5.41) is 0. The van der Waals surface area contributed by atoms with Crippen molar-refractivity contribution in [3.8, 4) is 0 Å². The lowest BCUT2D eigenvalue weighted by Crippen LogP contribution is -1.99. The fourth-order valence-corrected chi connectivity index (χ4v) is 1.18. The number of nitrogens with zero attached hydrogens (tertiary/aromatic N) is 2. The van der Waals surface area contributed by atoms with Gasteiger partial charge >= 0.3 is 0 Å². The lowest BCUT2D eigenvalue weighted by molar-refractivity contribution is 0.678. The van der Waals surface area contributed by atoms with Crippen LogP contribution in [0.4, 0.5) is 5.82 Å². The van der Waals surface area contributed by atoms with Gasteiger partial charge in [-0.05, 0) is 25.8 Å². The Hall–Kier alpha value is -1.16. The van der Waals surface area contributed by atoms with Gasteiger partial charge in [-0.1, -0.05) is 6.42 Å². The van der Waals surface area contributed by atoms with Crippen molar-refractivity contribution >= 4 is 5.82 Å². The summed E-state index contributed by atoms with van der Waals surface area (Å²) in [6.07, 6.45) is 5.83. The monoisotopic (exact) mass is 180 g/mol. The fourth-order valence-electron chi connectivity index (χ4n) is 1.18. The molecule has 0 amide bonds. The van der Waals surface area contributed by atoms with E-state index in [0.29, 0.717) is 5.82 Å². The molecule has 72 valence electrons. The Morgan fingerprint density at radius 1 is 1.15 bits per heavy atom. The molecule has 1 rings (SSSR count). The SMILES string of the molecule is NCCCCCc1cc(N)ncn1. The molecule has 1 aromatic rings. The van der Waals surface area contributed by atoms with Gasteiger partial charge in [0.05, 0.1) is 0 Å². The molecule has 0 aliphatic heterocycles. The summed E-state index contributed by atoms with van der Waals surface area (Å²) < 4.78 is 0. The summed E-state index contributed by atoms with van der Waals surface area (Å²) in [5.74, 6) is 0.545. The van der Waals surface area contributed by atoms with Crippen molar-refractivity contribution in [2.45, 2.75) is 25.7 Å². The van der Waals surface area contributed by atoms with Crippen molar-refractivity contribution < 1.29 is 0 Å². The van der Waals surface area contributed by atoms with Gasteiger partial charge in [0.15, 0.2) is 0 Å². The Morgan fingerprint density at radius 2 is 2.00 bits per heavy atom. The van der Waals surface area contributed by atoms with Crippen molar-refractivity contribution in [2.75, 3.05) is 12.3 Å². The van der Waals surface area contributed by atoms with Crippen molar-refractivity contribution in [2.24, 2.45) is 5.73 Å². The molecule has 0 aliphatic carbocycles. The molecule has 0 atom stereocenters. The second kappa shape index (κ2) is 5.48. The molecular formula is C9H16N4. The van der Waals surface area contributed by atoms with E-state index in [1.807, 2.05) is 6.07 Å². The van der Waals surface area contributed by atoms with Crippen LogP contribution in [0.1, 0.15) is 25.0 Å². The molecule has 0 saturated carbocycles. The number of anilines is 1. The number of unbranched alkanes of at least 4 members (excludes halogenated alkanes) is 2. The first-order chi connectivity index (χ1) is 6.33.